The lowest BCUT2D eigenvalue weighted by atomic mass is 10.1. The monoisotopic (exact) mass is 209 g/mol. The predicted octanol–water partition coefficient (Wildman–Crippen LogP) is 3.32. The predicted molar refractivity (Wildman–Crippen MR) is 48.3 cm³/mol. The number of halogens is 1. The molecule has 0 saturated carbocycles. The van der Waals surface area contributed by atoms with E-state index in [4.69, 9.17) is 15.1 Å². The van der Waals surface area contributed by atoms with Crippen LogP contribution in [0.25, 0.3) is 0 Å². The molecule has 0 aromatic heterocycles. The van der Waals surface area contributed by atoms with Crippen molar-refractivity contribution < 1.29 is 15.1 Å². The van der Waals surface area contributed by atoms with Crippen LogP contribution in [0.2, 0.25) is 0 Å². The molecule has 54 valence electrons. The zero-order valence-electron chi connectivity index (χ0n) is 15.9. The zero-order chi connectivity index (χ0) is 17.0. The Labute approximate surface area is 85.8 Å². The van der Waals surface area contributed by atoms with Crippen molar-refractivity contribution in [2.75, 3.05) is 0 Å². The van der Waals surface area contributed by atoms with Crippen molar-refractivity contribution in [2.45, 2.75) is 20.1 Å². The zero-order valence-corrected chi connectivity index (χ0v) is 6.46. The maximum Gasteiger partial charge on any atom is 0.0635 e. The van der Waals surface area contributed by atoms with Crippen LogP contribution in [0.4, 0.5) is 0 Å². The lowest BCUT2D eigenvalue weighted by Gasteiger charge is -2.02. The summed E-state index contributed by atoms with van der Waals surface area (Å²) in [5, 5.41) is 0. The molecule has 0 fully saturated rings. The maximum atomic E-state index is 7.72. The molecule has 1 rings (SSSR count). The van der Waals surface area contributed by atoms with Crippen LogP contribution in [-0.4, -0.2) is 0 Å². The molecule has 0 atom stereocenters. The molecule has 0 nitrogen and oxygen atoms in total. The molecular formula is C9H11Br. The van der Waals surface area contributed by atoms with Gasteiger partial charge in [-0.15, -0.1) is 0 Å². The van der Waals surface area contributed by atoms with Crippen molar-refractivity contribution in [1.82, 2.24) is 0 Å². The van der Waals surface area contributed by atoms with Gasteiger partial charge in [0.25, 0.3) is 0 Å². The van der Waals surface area contributed by atoms with Crippen LogP contribution in [0.5, 0.6) is 0 Å². The maximum absolute atomic E-state index is 7.72. The summed E-state index contributed by atoms with van der Waals surface area (Å²) < 4.78 is 81.9. The molecule has 0 aliphatic carbocycles. The third kappa shape index (κ3) is 1.40. The first-order chi connectivity index (χ1) is 9.14. The average Bonchev–Trinajstić information content (AvgIpc) is 2.27. The lowest BCUT2D eigenvalue weighted by molar-refractivity contribution is 1.10. The summed E-state index contributed by atoms with van der Waals surface area (Å²) in [4.78, 5) is 0. The van der Waals surface area contributed by atoms with Gasteiger partial charge in [-0.05, 0) is 30.4 Å². The molecule has 0 saturated heterocycles. The largest absolute Gasteiger partial charge is 0.0635 e. The van der Waals surface area contributed by atoms with Crippen molar-refractivity contribution in [3.05, 3.63) is 33.7 Å². The highest BCUT2D eigenvalue weighted by molar-refractivity contribution is 9.10. The summed E-state index contributed by atoms with van der Waals surface area (Å²) in [6.45, 7) is -6.16. The number of hydrogen-bond acceptors (Lipinski definition) is 0. The number of rotatable bonds is 1. The first-order valence-corrected chi connectivity index (χ1v) is 3.23. The van der Waals surface area contributed by atoms with Crippen molar-refractivity contribution in [2.24, 2.45) is 0 Å². The van der Waals surface area contributed by atoms with Gasteiger partial charge in [-0.25, -0.2) is 0 Å². The molecule has 0 aliphatic heterocycles. The minimum absolute atomic E-state index is 0.397. The second kappa shape index (κ2) is 3.20. The van der Waals surface area contributed by atoms with E-state index in [1.807, 2.05) is 0 Å². The van der Waals surface area contributed by atoms with Crippen LogP contribution in [0.1, 0.15) is 33.1 Å². The summed E-state index contributed by atoms with van der Waals surface area (Å²) in [6, 6.07) is -2.25. The van der Waals surface area contributed by atoms with E-state index in [0.717, 1.165) is 0 Å². The minimum atomic E-state index is -3.22. The standard InChI is InChI=1S/C9H11Br/c1-3-8-5-4-6-9(10)7(8)2/h4-6H,3H2,1-2H3/i1D3,2D3,3D2,4D,5D,6D. The van der Waals surface area contributed by atoms with Crippen molar-refractivity contribution in [3.8, 4) is 0 Å². The van der Waals surface area contributed by atoms with Crippen molar-refractivity contribution >= 4 is 15.9 Å². The van der Waals surface area contributed by atoms with Gasteiger partial charge in [-0.3, -0.25) is 0 Å². The van der Waals surface area contributed by atoms with E-state index in [9.17, 15) is 0 Å². The Bertz CT molecular complexity index is 569. The Balaban J connectivity index is 3.98. The van der Waals surface area contributed by atoms with Gasteiger partial charge < -0.3 is 0 Å². The Hall–Kier alpha value is -0.300. The highest BCUT2D eigenvalue weighted by Crippen LogP contribution is 2.19. The fourth-order valence-corrected chi connectivity index (χ4v) is 0.774. The van der Waals surface area contributed by atoms with E-state index in [2.05, 4.69) is 15.9 Å². The van der Waals surface area contributed by atoms with E-state index >= 15 is 0 Å². The van der Waals surface area contributed by atoms with Gasteiger partial charge in [0, 0.05) is 15.4 Å². The van der Waals surface area contributed by atoms with Gasteiger partial charge in [0.05, 0.1) is 4.11 Å². The quantitative estimate of drug-likeness (QED) is 0.667. The fraction of sp³-hybridized carbons (Fsp3) is 0.333. The van der Waals surface area contributed by atoms with E-state index < -0.39 is 53.8 Å². The third-order valence-electron chi connectivity index (χ3n) is 0.954. The molecule has 0 heterocycles. The van der Waals surface area contributed by atoms with Crippen LogP contribution >= 0.6 is 15.9 Å². The molecule has 0 amide bonds. The molecular weight excluding hydrogens is 188 g/mol. The van der Waals surface area contributed by atoms with Gasteiger partial charge in [-0.2, -0.15) is 0 Å². The molecule has 1 heteroatoms. The van der Waals surface area contributed by atoms with Gasteiger partial charge in [0.15, 0.2) is 0 Å². The van der Waals surface area contributed by atoms with E-state index in [1.54, 1.807) is 0 Å². The second-order valence-electron chi connectivity index (χ2n) is 1.56. The van der Waals surface area contributed by atoms with E-state index in [-0.39, 0.29) is 0 Å². The Morgan fingerprint density at radius 3 is 3.40 bits per heavy atom. The van der Waals surface area contributed by atoms with Crippen LogP contribution < -0.4 is 0 Å². The molecule has 10 heavy (non-hydrogen) atoms. The van der Waals surface area contributed by atoms with Crippen molar-refractivity contribution in [1.29, 1.82) is 0 Å². The third-order valence-corrected chi connectivity index (χ3v) is 1.55. The Morgan fingerprint density at radius 2 is 2.70 bits per heavy atom. The minimum Gasteiger partial charge on any atom is -0.0613 e. The fourth-order valence-electron chi connectivity index (χ4n) is 0.477. The summed E-state index contributed by atoms with van der Waals surface area (Å²) >= 11 is 2.81. The second-order valence-corrected chi connectivity index (χ2v) is 2.36. The first kappa shape index (κ1) is 1.71. The van der Waals surface area contributed by atoms with Crippen LogP contribution in [0, 0.1) is 6.85 Å². The Kier molecular flexibility index (Phi) is 0.548. The number of benzene rings is 1. The Morgan fingerprint density at radius 1 is 1.80 bits per heavy atom. The smallest absolute Gasteiger partial charge is 0.0613 e. The summed E-state index contributed by atoms with van der Waals surface area (Å²) in [5.74, 6) is 0. The number of hydrogen-bond donors (Lipinski definition) is 0. The summed E-state index contributed by atoms with van der Waals surface area (Å²) in [5.41, 5.74) is -1.66. The molecule has 0 N–H and O–H groups in total. The summed E-state index contributed by atoms with van der Waals surface area (Å²) in [7, 11) is 0. The molecule has 0 unspecified atom stereocenters. The highest BCUT2D eigenvalue weighted by atomic mass is 79.9. The van der Waals surface area contributed by atoms with Crippen LogP contribution in [0.3, 0.4) is 0 Å². The SMILES string of the molecule is [2H]c1c([2H])c(Br)c(C([2H])([2H])[2H])c(C([2H])([2H])C([2H])([2H])[2H])c1[2H]. The van der Waals surface area contributed by atoms with Crippen LogP contribution in [-0.2, 0) is 6.37 Å². The molecule has 0 spiro atoms. The van der Waals surface area contributed by atoms with Crippen molar-refractivity contribution in [3.63, 3.8) is 0 Å². The molecule has 0 bridgehead atoms. The summed E-state index contributed by atoms with van der Waals surface area (Å²) in [6.07, 6.45) is -3.14. The lowest BCUT2D eigenvalue weighted by Crippen LogP contribution is -1.85. The average molecular weight is 210 g/mol. The van der Waals surface area contributed by atoms with Gasteiger partial charge in [-0.1, -0.05) is 34.9 Å². The molecule has 0 aliphatic rings. The highest BCUT2D eigenvalue weighted by Gasteiger charge is 1.97. The topological polar surface area (TPSA) is 0 Å². The molecule has 1 aromatic carbocycles. The first-order valence-electron chi connectivity index (χ1n) is 7.94. The molecule has 0 radical (unpaired) electrons. The van der Waals surface area contributed by atoms with Crippen LogP contribution in [0.15, 0.2) is 22.6 Å². The van der Waals surface area contributed by atoms with Gasteiger partial charge in [0.1, 0.15) is 0 Å². The van der Waals surface area contributed by atoms with E-state index in [1.165, 1.54) is 0 Å². The normalized spacial score (nSPS) is 29.9. The van der Waals surface area contributed by atoms with Gasteiger partial charge in [0.2, 0.25) is 0 Å². The molecule has 1 aromatic rings. The van der Waals surface area contributed by atoms with E-state index in [0.29, 0.717) is 0 Å². The van der Waals surface area contributed by atoms with Gasteiger partial charge >= 0.3 is 0 Å².